The van der Waals surface area contributed by atoms with Crippen molar-refractivity contribution in [2.75, 3.05) is 5.73 Å². The van der Waals surface area contributed by atoms with E-state index in [9.17, 15) is 0 Å². The molecule has 0 amide bonds. The predicted octanol–water partition coefficient (Wildman–Crippen LogP) is 3.15. The summed E-state index contributed by atoms with van der Waals surface area (Å²) in [5.74, 6) is 1.74. The van der Waals surface area contributed by atoms with Gasteiger partial charge in [-0.15, -0.1) is 0 Å². The van der Waals surface area contributed by atoms with Crippen molar-refractivity contribution in [2.45, 2.75) is 19.8 Å². The van der Waals surface area contributed by atoms with Gasteiger partial charge in [-0.3, -0.25) is 4.68 Å². The van der Waals surface area contributed by atoms with Crippen LogP contribution in [0.2, 0.25) is 0 Å². The van der Waals surface area contributed by atoms with E-state index in [-0.39, 0.29) is 0 Å². The SMILES string of the molecule is CC(C)c1c(-c2ccc(Br)o2)nn(C)c1N. The summed E-state index contributed by atoms with van der Waals surface area (Å²) in [4.78, 5) is 0. The zero-order chi connectivity index (χ0) is 11.9. The van der Waals surface area contributed by atoms with Crippen LogP contribution >= 0.6 is 15.9 Å². The monoisotopic (exact) mass is 283 g/mol. The number of hydrogen-bond acceptors (Lipinski definition) is 3. The highest BCUT2D eigenvalue weighted by Gasteiger charge is 2.20. The number of nitrogens with two attached hydrogens (primary N) is 1. The molecule has 0 saturated heterocycles. The van der Waals surface area contributed by atoms with Crippen molar-refractivity contribution in [3.63, 3.8) is 0 Å². The van der Waals surface area contributed by atoms with E-state index in [1.54, 1.807) is 4.68 Å². The van der Waals surface area contributed by atoms with Crippen molar-refractivity contribution in [1.82, 2.24) is 9.78 Å². The first-order valence-electron chi connectivity index (χ1n) is 5.08. The second kappa shape index (κ2) is 3.97. The Morgan fingerprint density at radius 3 is 2.62 bits per heavy atom. The van der Waals surface area contributed by atoms with Gasteiger partial charge in [-0.2, -0.15) is 5.10 Å². The van der Waals surface area contributed by atoms with Gasteiger partial charge in [0.2, 0.25) is 0 Å². The van der Waals surface area contributed by atoms with Crippen LogP contribution in [0.5, 0.6) is 0 Å². The molecule has 2 aromatic rings. The van der Waals surface area contributed by atoms with Crippen LogP contribution in [0.25, 0.3) is 11.5 Å². The number of anilines is 1. The first-order valence-corrected chi connectivity index (χ1v) is 5.88. The number of hydrogen-bond donors (Lipinski definition) is 1. The van der Waals surface area contributed by atoms with E-state index in [1.807, 2.05) is 19.2 Å². The Labute approximate surface area is 103 Å². The number of aromatic nitrogens is 2. The van der Waals surface area contributed by atoms with E-state index in [0.29, 0.717) is 16.4 Å². The highest BCUT2D eigenvalue weighted by Crippen LogP contribution is 2.34. The smallest absolute Gasteiger partial charge is 0.169 e. The maximum absolute atomic E-state index is 6.00. The summed E-state index contributed by atoms with van der Waals surface area (Å²) >= 11 is 3.28. The van der Waals surface area contributed by atoms with Gasteiger partial charge in [-0.1, -0.05) is 13.8 Å². The lowest BCUT2D eigenvalue weighted by Gasteiger charge is -2.05. The number of rotatable bonds is 2. The van der Waals surface area contributed by atoms with Crippen molar-refractivity contribution in [3.05, 3.63) is 22.4 Å². The number of furan rings is 1. The number of aryl methyl sites for hydroxylation is 1. The molecule has 2 aromatic heterocycles. The fourth-order valence-corrected chi connectivity index (χ4v) is 2.05. The molecule has 0 unspecified atom stereocenters. The summed E-state index contributed by atoms with van der Waals surface area (Å²) in [5, 5.41) is 4.39. The Hall–Kier alpha value is -1.23. The lowest BCUT2D eigenvalue weighted by molar-refractivity contribution is 0.551. The molecule has 0 aliphatic rings. The lowest BCUT2D eigenvalue weighted by atomic mass is 10.0. The fraction of sp³-hybridized carbons (Fsp3) is 0.364. The highest BCUT2D eigenvalue weighted by atomic mass is 79.9. The van der Waals surface area contributed by atoms with Crippen molar-refractivity contribution in [2.24, 2.45) is 7.05 Å². The number of halogens is 1. The molecule has 2 rings (SSSR count). The molecule has 0 aliphatic carbocycles. The van der Waals surface area contributed by atoms with Crippen molar-refractivity contribution >= 4 is 21.7 Å². The van der Waals surface area contributed by atoms with E-state index in [1.165, 1.54) is 0 Å². The van der Waals surface area contributed by atoms with E-state index >= 15 is 0 Å². The summed E-state index contributed by atoms with van der Waals surface area (Å²) in [6.07, 6.45) is 0. The van der Waals surface area contributed by atoms with E-state index in [4.69, 9.17) is 10.2 Å². The van der Waals surface area contributed by atoms with Gasteiger partial charge in [0.25, 0.3) is 0 Å². The molecule has 0 bridgehead atoms. The molecule has 16 heavy (non-hydrogen) atoms. The molecule has 5 heteroatoms. The topological polar surface area (TPSA) is 57.0 Å². The van der Waals surface area contributed by atoms with E-state index in [0.717, 1.165) is 17.0 Å². The van der Waals surface area contributed by atoms with Gasteiger partial charge in [0, 0.05) is 12.6 Å². The molecule has 0 aromatic carbocycles. The molecule has 0 spiro atoms. The zero-order valence-electron chi connectivity index (χ0n) is 9.49. The van der Waals surface area contributed by atoms with Gasteiger partial charge in [0.15, 0.2) is 10.4 Å². The van der Waals surface area contributed by atoms with Crippen LogP contribution in [0.3, 0.4) is 0 Å². The molecule has 0 fully saturated rings. The normalized spacial score (nSPS) is 11.3. The van der Waals surface area contributed by atoms with Gasteiger partial charge in [0.1, 0.15) is 11.5 Å². The third-order valence-corrected chi connectivity index (χ3v) is 2.94. The zero-order valence-corrected chi connectivity index (χ0v) is 11.1. The molecule has 4 nitrogen and oxygen atoms in total. The van der Waals surface area contributed by atoms with Crippen molar-refractivity contribution in [3.8, 4) is 11.5 Å². The standard InChI is InChI=1S/C11H14BrN3O/c1-6(2)9-10(14-15(3)11(9)13)7-4-5-8(12)16-7/h4-6H,13H2,1-3H3. The van der Waals surface area contributed by atoms with Crippen LogP contribution in [0.15, 0.2) is 21.2 Å². The third kappa shape index (κ3) is 1.75. The Kier molecular flexibility index (Phi) is 2.80. The summed E-state index contributed by atoms with van der Waals surface area (Å²) < 4.78 is 7.89. The van der Waals surface area contributed by atoms with Gasteiger partial charge in [0.05, 0.1) is 0 Å². The maximum atomic E-state index is 6.00. The van der Waals surface area contributed by atoms with Gasteiger partial charge < -0.3 is 10.2 Å². The number of nitrogens with zero attached hydrogens (tertiary/aromatic N) is 2. The first-order chi connectivity index (χ1) is 7.50. The molecule has 86 valence electrons. The minimum Gasteiger partial charge on any atom is -0.448 e. The largest absolute Gasteiger partial charge is 0.448 e. The second-order valence-corrected chi connectivity index (χ2v) is 4.81. The van der Waals surface area contributed by atoms with Crippen molar-refractivity contribution in [1.29, 1.82) is 0 Å². The number of nitrogen functional groups attached to an aromatic ring is 1. The lowest BCUT2D eigenvalue weighted by Crippen LogP contribution is -2.00. The van der Waals surface area contributed by atoms with Crippen LogP contribution < -0.4 is 5.73 Å². The average Bonchev–Trinajstić information content (AvgIpc) is 2.73. The predicted molar refractivity (Wildman–Crippen MR) is 67.1 cm³/mol. The van der Waals surface area contributed by atoms with Crippen LogP contribution in [0.1, 0.15) is 25.3 Å². The molecular weight excluding hydrogens is 270 g/mol. The Bertz CT molecular complexity index is 513. The second-order valence-electron chi connectivity index (χ2n) is 4.03. The first kappa shape index (κ1) is 11.3. The minimum atomic E-state index is 0.313. The fourth-order valence-electron chi connectivity index (χ4n) is 1.75. The van der Waals surface area contributed by atoms with Crippen molar-refractivity contribution < 1.29 is 4.42 Å². The minimum absolute atomic E-state index is 0.313. The summed E-state index contributed by atoms with van der Waals surface area (Å²) in [5.41, 5.74) is 7.85. The molecule has 0 aliphatic heterocycles. The third-order valence-electron chi connectivity index (χ3n) is 2.51. The Morgan fingerprint density at radius 1 is 1.44 bits per heavy atom. The highest BCUT2D eigenvalue weighted by molar-refractivity contribution is 9.10. The van der Waals surface area contributed by atoms with Gasteiger partial charge >= 0.3 is 0 Å². The van der Waals surface area contributed by atoms with E-state index in [2.05, 4.69) is 34.9 Å². The molecule has 0 atom stereocenters. The summed E-state index contributed by atoms with van der Waals surface area (Å²) in [6, 6.07) is 3.74. The molecule has 0 saturated carbocycles. The van der Waals surface area contributed by atoms with Crippen LogP contribution in [0, 0.1) is 0 Å². The summed E-state index contributed by atoms with van der Waals surface area (Å²) in [6.45, 7) is 4.18. The van der Waals surface area contributed by atoms with Gasteiger partial charge in [-0.25, -0.2) is 0 Å². The van der Waals surface area contributed by atoms with Crippen LogP contribution in [0.4, 0.5) is 5.82 Å². The quantitative estimate of drug-likeness (QED) is 0.921. The van der Waals surface area contributed by atoms with E-state index < -0.39 is 0 Å². The molecule has 2 heterocycles. The van der Waals surface area contributed by atoms with Crippen LogP contribution in [-0.4, -0.2) is 9.78 Å². The maximum Gasteiger partial charge on any atom is 0.169 e. The molecule has 0 radical (unpaired) electrons. The molecular formula is C11H14BrN3O. The Balaban J connectivity index is 2.60. The molecule has 2 N–H and O–H groups in total. The van der Waals surface area contributed by atoms with Crippen LogP contribution in [-0.2, 0) is 7.05 Å². The average molecular weight is 284 g/mol. The Morgan fingerprint density at radius 2 is 2.12 bits per heavy atom. The summed E-state index contributed by atoms with van der Waals surface area (Å²) in [7, 11) is 1.84. The van der Waals surface area contributed by atoms with Gasteiger partial charge in [-0.05, 0) is 34.0 Å².